The van der Waals surface area contributed by atoms with Crippen LogP contribution in [0.2, 0.25) is 0 Å². The fourth-order valence-corrected chi connectivity index (χ4v) is 2.12. The molecular weight excluding hydrogens is 262 g/mol. The number of rotatable bonds is 2. The van der Waals surface area contributed by atoms with Crippen LogP contribution < -0.4 is 20.7 Å². The van der Waals surface area contributed by atoms with Gasteiger partial charge in [0.05, 0.1) is 18.9 Å². The van der Waals surface area contributed by atoms with Gasteiger partial charge in [0, 0.05) is 12.2 Å². The zero-order valence-electron chi connectivity index (χ0n) is 10.8. The smallest absolute Gasteiger partial charge is 0.262 e. The lowest BCUT2D eigenvalue weighted by Gasteiger charge is -2.23. The Morgan fingerprint density at radius 3 is 3.10 bits per heavy atom. The summed E-state index contributed by atoms with van der Waals surface area (Å²) in [6.45, 7) is 1.65. The van der Waals surface area contributed by atoms with Crippen molar-refractivity contribution >= 4 is 23.2 Å². The number of hydrogen-bond donors (Lipinski definition) is 3. The van der Waals surface area contributed by atoms with E-state index in [0.29, 0.717) is 36.9 Å². The third-order valence-corrected chi connectivity index (χ3v) is 3.12. The van der Waals surface area contributed by atoms with Crippen molar-refractivity contribution in [3.63, 3.8) is 0 Å². The maximum atomic E-state index is 12.0. The molecule has 0 spiro atoms. The third-order valence-electron chi connectivity index (χ3n) is 3.12. The number of carbonyl (C=O) groups excluding carboxylic acids is 2. The van der Waals surface area contributed by atoms with Crippen LogP contribution in [0, 0.1) is 0 Å². The van der Waals surface area contributed by atoms with E-state index < -0.39 is 0 Å². The van der Waals surface area contributed by atoms with Gasteiger partial charge in [-0.2, -0.15) is 0 Å². The van der Waals surface area contributed by atoms with Crippen LogP contribution >= 0.6 is 0 Å². The highest BCUT2D eigenvalue weighted by Crippen LogP contribution is 2.30. The summed E-state index contributed by atoms with van der Waals surface area (Å²) in [6.07, 6.45) is 0. The Labute approximate surface area is 115 Å². The average molecular weight is 277 g/mol. The summed E-state index contributed by atoms with van der Waals surface area (Å²) in [5.74, 6) is 0.234. The van der Waals surface area contributed by atoms with Gasteiger partial charge in [-0.1, -0.05) is 0 Å². The molecular formula is C13H15N3O4. The summed E-state index contributed by atoms with van der Waals surface area (Å²) in [5.41, 5.74) is 1.17. The second-order valence-corrected chi connectivity index (χ2v) is 4.62. The summed E-state index contributed by atoms with van der Waals surface area (Å²) >= 11 is 0. The number of fused-ring (bicyclic) bond motifs is 1. The average Bonchev–Trinajstić information content (AvgIpc) is 2.47. The lowest BCUT2D eigenvalue weighted by Crippen LogP contribution is -2.48. The maximum absolute atomic E-state index is 12.0. The van der Waals surface area contributed by atoms with E-state index in [0.717, 1.165) is 0 Å². The molecule has 3 N–H and O–H groups in total. The highest BCUT2D eigenvalue weighted by molar-refractivity contribution is 5.98. The van der Waals surface area contributed by atoms with Crippen LogP contribution in [0.1, 0.15) is 0 Å². The van der Waals surface area contributed by atoms with Crippen LogP contribution in [0.25, 0.3) is 0 Å². The summed E-state index contributed by atoms with van der Waals surface area (Å²) < 4.78 is 10.5. The van der Waals surface area contributed by atoms with Gasteiger partial charge in [0.15, 0.2) is 6.61 Å². The van der Waals surface area contributed by atoms with Crippen molar-refractivity contribution < 1.29 is 19.1 Å². The zero-order chi connectivity index (χ0) is 13.9. The number of ether oxygens (including phenoxy) is 2. The first-order chi connectivity index (χ1) is 9.72. The minimum atomic E-state index is -0.356. The molecule has 0 radical (unpaired) electrons. The highest BCUT2D eigenvalue weighted by Gasteiger charge is 2.22. The van der Waals surface area contributed by atoms with Gasteiger partial charge in [0.25, 0.3) is 5.91 Å². The van der Waals surface area contributed by atoms with Gasteiger partial charge in [-0.05, 0) is 18.2 Å². The van der Waals surface area contributed by atoms with Crippen molar-refractivity contribution in [2.45, 2.75) is 6.04 Å². The van der Waals surface area contributed by atoms with Crippen LogP contribution in [0.3, 0.4) is 0 Å². The van der Waals surface area contributed by atoms with E-state index in [1.54, 1.807) is 18.2 Å². The largest absolute Gasteiger partial charge is 0.482 e. The molecule has 0 aliphatic carbocycles. The van der Waals surface area contributed by atoms with Gasteiger partial charge in [0.2, 0.25) is 5.91 Å². The minimum absolute atomic E-state index is 0.0159. The molecule has 7 nitrogen and oxygen atoms in total. The van der Waals surface area contributed by atoms with Gasteiger partial charge < -0.3 is 25.4 Å². The van der Waals surface area contributed by atoms with Crippen molar-refractivity contribution in [1.82, 2.24) is 5.32 Å². The van der Waals surface area contributed by atoms with Crippen molar-refractivity contribution in [3.05, 3.63) is 18.2 Å². The molecule has 2 amide bonds. The lowest BCUT2D eigenvalue weighted by atomic mass is 10.2. The molecule has 7 heteroatoms. The Morgan fingerprint density at radius 1 is 1.40 bits per heavy atom. The minimum Gasteiger partial charge on any atom is -0.482 e. The van der Waals surface area contributed by atoms with E-state index in [1.165, 1.54) is 0 Å². The van der Waals surface area contributed by atoms with Crippen molar-refractivity contribution in [1.29, 1.82) is 0 Å². The number of morpholine rings is 1. The van der Waals surface area contributed by atoms with Gasteiger partial charge in [-0.15, -0.1) is 0 Å². The SMILES string of the molecule is O=C1COc2ccc(NC(=O)C3COCCN3)cc2N1. The molecule has 0 bridgehead atoms. The van der Waals surface area contributed by atoms with Crippen molar-refractivity contribution in [2.24, 2.45) is 0 Å². The molecule has 1 unspecified atom stereocenters. The Balaban J connectivity index is 1.69. The quantitative estimate of drug-likeness (QED) is 0.705. The van der Waals surface area contributed by atoms with Gasteiger partial charge >= 0.3 is 0 Å². The van der Waals surface area contributed by atoms with E-state index >= 15 is 0 Å². The Kier molecular flexibility index (Phi) is 3.53. The fraction of sp³-hybridized carbons (Fsp3) is 0.385. The van der Waals surface area contributed by atoms with E-state index in [2.05, 4.69) is 16.0 Å². The molecule has 2 heterocycles. The molecule has 0 saturated carbocycles. The zero-order valence-corrected chi connectivity index (χ0v) is 10.8. The van der Waals surface area contributed by atoms with Crippen LogP contribution in [0.5, 0.6) is 5.75 Å². The molecule has 1 aromatic carbocycles. The Bertz CT molecular complexity index is 540. The predicted octanol–water partition coefficient (Wildman–Crippen LogP) is -0.0556. The first kappa shape index (κ1) is 12.9. The number of benzene rings is 1. The summed E-state index contributed by atoms with van der Waals surface area (Å²) in [6, 6.07) is 4.77. The number of amides is 2. The van der Waals surface area contributed by atoms with Gasteiger partial charge in [-0.25, -0.2) is 0 Å². The summed E-state index contributed by atoms with van der Waals surface area (Å²) in [5, 5.41) is 8.56. The van der Waals surface area contributed by atoms with Crippen molar-refractivity contribution in [2.75, 3.05) is 37.0 Å². The summed E-state index contributed by atoms with van der Waals surface area (Å²) in [4.78, 5) is 23.3. The number of hydrogen-bond acceptors (Lipinski definition) is 5. The molecule has 2 aliphatic rings. The number of carbonyl (C=O) groups is 2. The lowest BCUT2D eigenvalue weighted by molar-refractivity contribution is -0.121. The van der Waals surface area contributed by atoms with E-state index in [1.807, 2.05) is 0 Å². The second-order valence-electron chi connectivity index (χ2n) is 4.62. The molecule has 20 heavy (non-hydrogen) atoms. The third kappa shape index (κ3) is 2.73. The second kappa shape index (κ2) is 5.48. The van der Waals surface area contributed by atoms with Crippen LogP contribution in [0.4, 0.5) is 11.4 Å². The van der Waals surface area contributed by atoms with Crippen molar-refractivity contribution in [3.8, 4) is 5.75 Å². The number of nitrogens with one attached hydrogen (secondary N) is 3. The monoisotopic (exact) mass is 277 g/mol. The van der Waals surface area contributed by atoms with Gasteiger partial charge in [0.1, 0.15) is 11.8 Å². The first-order valence-electron chi connectivity index (χ1n) is 6.41. The first-order valence-corrected chi connectivity index (χ1v) is 6.41. The topological polar surface area (TPSA) is 88.7 Å². The molecule has 1 saturated heterocycles. The molecule has 106 valence electrons. The maximum Gasteiger partial charge on any atom is 0.262 e. The normalized spacial score (nSPS) is 21.4. The Morgan fingerprint density at radius 2 is 2.30 bits per heavy atom. The van der Waals surface area contributed by atoms with Gasteiger partial charge in [-0.3, -0.25) is 9.59 Å². The molecule has 0 aromatic heterocycles. The highest BCUT2D eigenvalue weighted by atomic mass is 16.5. The molecule has 2 aliphatic heterocycles. The molecule has 3 rings (SSSR count). The van der Waals surface area contributed by atoms with E-state index in [-0.39, 0.29) is 24.5 Å². The van der Waals surface area contributed by atoms with Crippen LogP contribution in [-0.2, 0) is 14.3 Å². The van der Waals surface area contributed by atoms with Crippen LogP contribution in [0.15, 0.2) is 18.2 Å². The fourth-order valence-electron chi connectivity index (χ4n) is 2.12. The van der Waals surface area contributed by atoms with E-state index in [9.17, 15) is 9.59 Å². The Hall–Kier alpha value is -2.12. The van der Waals surface area contributed by atoms with Crippen LogP contribution in [-0.4, -0.2) is 44.2 Å². The van der Waals surface area contributed by atoms with E-state index in [4.69, 9.17) is 9.47 Å². The molecule has 1 aromatic rings. The molecule has 1 fully saturated rings. The number of anilines is 2. The predicted molar refractivity (Wildman–Crippen MR) is 71.8 cm³/mol. The summed E-state index contributed by atoms with van der Waals surface area (Å²) in [7, 11) is 0. The standard InChI is InChI=1S/C13H15N3O4/c17-12-7-20-11-2-1-8(5-9(11)16-12)15-13(18)10-6-19-4-3-14-10/h1-2,5,10,14H,3-4,6-7H2,(H,15,18)(H,16,17). The molecule has 1 atom stereocenters.